The van der Waals surface area contributed by atoms with Crippen LogP contribution in [0.1, 0.15) is 0 Å². The van der Waals surface area contributed by atoms with Gasteiger partial charge in [0.05, 0.1) is 6.20 Å². The summed E-state index contributed by atoms with van der Waals surface area (Å²) in [5.41, 5.74) is 7.85. The molecule has 5 heteroatoms. The fourth-order valence-electron chi connectivity index (χ4n) is 6.70. The summed E-state index contributed by atoms with van der Waals surface area (Å²) in [6, 6.07) is 41.6. The Kier molecular flexibility index (Phi) is 4.66. The van der Waals surface area contributed by atoms with Gasteiger partial charge < -0.3 is 18.2 Å². The van der Waals surface area contributed by atoms with Gasteiger partial charge in [-0.15, -0.1) is 0 Å². The largest absolute Gasteiger partial charge is 0.456 e. The molecular weight excluding hydrogens is 544 g/mol. The number of hydrogen-bond donors (Lipinski definition) is 0. The van der Waals surface area contributed by atoms with Crippen LogP contribution in [0, 0.1) is 0 Å². The lowest BCUT2D eigenvalue weighted by Crippen LogP contribution is -2.10. The zero-order chi connectivity index (χ0) is 28.8. The molecule has 0 aliphatic rings. The third-order valence-electron chi connectivity index (χ3n) is 8.73. The number of pyridine rings is 1. The molecule has 0 saturated heterocycles. The van der Waals surface area contributed by atoms with Gasteiger partial charge in [0.15, 0.2) is 5.58 Å². The molecule has 0 N–H and O–H groups in total. The van der Waals surface area contributed by atoms with Crippen molar-refractivity contribution in [2.75, 3.05) is 4.90 Å². The van der Waals surface area contributed by atoms with E-state index < -0.39 is 0 Å². The van der Waals surface area contributed by atoms with Gasteiger partial charge in [-0.05, 0) is 60.0 Å². The fraction of sp³-hybridized carbons (Fsp3) is 0. The average Bonchev–Trinajstić information content (AvgIpc) is 3.76. The molecular formula is C39H22N2O3. The quantitative estimate of drug-likeness (QED) is 0.213. The van der Waals surface area contributed by atoms with Crippen molar-refractivity contribution in [3.8, 4) is 0 Å². The van der Waals surface area contributed by atoms with E-state index in [-0.39, 0.29) is 0 Å². The molecule has 0 radical (unpaired) electrons. The highest BCUT2D eigenvalue weighted by atomic mass is 16.3. The molecule has 44 heavy (non-hydrogen) atoms. The van der Waals surface area contributed by atoms with E-state index in [0.29, 0.717) is 0 Å². The van der Waals surface area contributed by atoms with E-state index >= 15 is 0 Å². The zero-order valence-electron chi connectivity index (χ0n) is 23.3. The van der Waals surface area contributed by atoms with Crippen LogP contribution in [0.3, 0.4) is 0 Å². The van der Waals surface area contributed by atoms with Crippen LogP contribution >= 0.6 is 0 Å². The van der Waals surface area contributed by atoms with Gasteiger partial charge in [0.2, 0.25) is 0 Å². The topological polar surface area (TPSA) is 55.6 Å². The van der Waals surface area contributed by atoms with Crippen molar-refractivity contribution in [3.63, 3.8) is 0 Å². The van der Waals surface area contributed by atoms with E-state index in [9.17, 15) is 0 Å². The lowest BCUT2D eigenvalue weighted by Gasteiger charge is -2.25. The Morgan fingerprint density at radius 1 is 0.409 bits per heavy atom. The summed E-state index contributed by atoms with van der Waals surface area (Å²) in [5, 5.41) is 8.48. The molecule has 5 nitrogen and oxygen atoms in total. The lowest BCUT2D eigenvalue weighted by atomic mass is 10.1. The molecule has 0 aliphatic heterocycles. The molecule has 0 fully saturated rings. The van der Waals surface area contributed by atoms with E-state index in [1.165, 1.54) is 0 Å². The van der Waals surface area contributed by atoms with Crippen molar-refractivity contribution in [2.24, 2.45) is 0 Å². The summed E-state index contributed by atoms with van der Waals surface area (Å²) < 4.78 is 19.2. The van der Waals surface area contributed by atoms with Gasteiger partial charge in [-0.2, -0.15) is 0 Å². The first-order chi connectivity index (χ1) is 21.8. The van der Waals surface area contributed by atoms with E-state index in [1.807, 2.05) is 60.9 Å². The highest BCUT2D eigenvalue weighted by Gasteiger charge is 2.22. The number of rotatable bonds is 3. The zero-order valence-corrected chi connectivity index (χ0v) is 23.3. The Balaban J connectivity index is 1.29. The van der Waals surface area contributed by atoms with Crippen LogP contribution in [0.25, 0.3) is 76.6 Å². The summed E-state index contributed by atoms with van der Waals surface area (Å²) in [5.74, 6) is 0. The molecule has 0 amide bonds. The molecule has 0 saturated carbocycles. The third-order valence-corrected chi connectivity index (χ3v) is 8.73. The Morgan fingerprint density at radius 3 is 1.68 bits per heavy atom. The Morgan fingerprint density at radius 2 is 1.00 bits per heavy atom. The molecule has 0 unspecified atom stereocenters. The number of hydrogen-bond acceptors (Lipinski definition) is 5. The molecule has 0 atom stereocenters. The second-order valence-electron chi connectivity index (χ2n) is 11.2. The van der Waals surface area contributed by atoms with Gasteiger partial charge in [-0.3, -0.25) is 4.98 Å². The molecule has 206 valence electrons. The van der Waals surface area contributed by atoms with Crippen LogP contribution in [0.5, 0.6) is 0 Å². The van der Waals surface area contributed by atoms with Crippen LogP contribution in [0.4, 0.5) is 17.1 Å². The highest BCUT2D eigenvalue weighted by molar-refractivity contribution is 6.17. The average molecular weight is 567 g/mol. The van der Waals surface area contributed by atoms with Gasteiger partial charge in [-0.1, -0.05) is 66.7 Å². The number of fused-ring (bicyclic) bond motifs is 11. The van der Waals surface area contributed by atoms with E-state index in [4.69, 9.17) is 18.2 Å². The Labute approximate surface area is 250 Å². The molecule has 10 rings (SSSR count). The van der Waals surface area contributed by atoms with E-state index in [0.717, 1.165) is 93.7 Å². The Bertz CT molecular complexity index is 2630. The molecule has 0 bridgehead atoms. The molecule has 0 spiro atoms. The SMILES string of the molecule is c1ccc2c(c1)ccc1c3cncc(N(c4ccc5oc6ccccc6c5c4)c4ccc5oc6ccccc6c5c4)c3oc21. The summed E-state index contributed by atoms with van der Waals surface area (Å²) in [4.78, 5) is 6.98. The minimum Gasteiger partial charge on any atom is -0.456 e. The van der Waals surface area contributed by atoms with Gasteiger partial charge in [-0.25, -0.2) is 0 Å². The maximum Gasteiger partial charge on any atom is 0.162 e. The molecule has 0 aliphatic carbocycles. The van der Waals surface area contributed by atoms with Gasteiger partial charge in [0, 0.05) is 55.3 Å². The first kappa shape index (κ1) is 23.5. The van der Waals surface area contributed by atoms with Crippen molar-refractivity contribution in [2.45, 2.75) is 0 Å². The molecule has 4 heterocycles. The van der Waals surface area contributed by atoms with Crippen LogP contribution in [-0.2, 0) is 0 Å². The summed E-state index contributed by atoms with van der Waals surface area (Å²) in [6.07, 6.45) is 3.79. The highest BCUT2D eigenvalue weighted by Crippen LogP contribution is 2.45. The van der Waals surface area contributed by atoms with Crippen LogP contribution in [0.15, 0.2) is 147 Å². The van der Waals surface area contributed by atoms with Crippen LogP contribution in [0.2, 0.25) is 0 Å². The van der Waals surface area contributed by atoms with Crippen molar-refractivity contribution in [3.05, 3.63) is 134 Å². The third kappa shape index (κ3) is 3.26. The van der Waals surface area contributed by atoms with Gasteiger partial charge in [0.25, 0.3) is 0 Å². The lowest BCUT2D eigenvalue weighted by molar-refractivity contribution is 0.668. The number of para-hydroxylation sites is 2. The number of anilines is 3. The number of nitrogens with zero attached hydrogens (tertiary/aromatic N) is 2. The van der Waals surface area contributed by atoms with E-state index in [1.54, 1.807) is 0 Å². The summed E-state index contributed by atoms with van der Waals surface area (Å²) >= 11 is 0. The molecule has 6 aromatic carbocycles. The first-order valence-electron chi connectivity index (χ1n) is 14.6. The summed E-state index contributed by atoms with van der Waals surface area (Å²) in [6.45, 7) is 0. The maximum absolute atomic E-state index is 6.79. The maximum atomic E-state index is 6.79. The summed E-state index contributed by atoms with van der Waals surface area (Å²) in [7, 11) is 0. The number of benzene rings is 6. The minimum atomic E-state index is 0.778. The monoisotopic (exact) mass is 566 g/mol. The fourth-order valence-corrected chi connectivity index (χ4v) is 6.70. The predicted octanol–water partition coefficient (Wildman–Crippen LogP) is 11.4. The normalized spacial score (nSPS) is 12.1. The minimum absolute atomic E-state index is 0.778. The molecule has 4 aromatic heterocycles. The van der Waals surface area contributed by atoms with Crippen molar-refractivity contribution < 1.29 is 13.3 Å². The second kappa shape index (κ2) is 8.72. The molecule has 10 aromatic rings. The van der Waals surface area contributed by atoms with Crippen LogP contribution < -0.4 is 4.90 Å². The van der Waals surface area contributed by atoms with Gasteiger partial charge >= 0.3 is 0 Å². The van der Waals surface area contributed by atoms with Crippen LogP contribution in [-0.4, -0.2) is 4.98 Å². The van der Waals surface area contributed by atoms with Crippen molar-refractivity contribution in [1.29, 1.82) is 0 Å². The first-order valence-corrected chi connectivity index (χ1v) is 14.6. The number of furan rings is 3. The second-order valence-corrected chi connectivity index (χ2v) is 11.2. The van der Waals surface area contributed by atoms with E-state index in [2.05, 4.69) is 77.7 Å². The Hall–Kier alpha value is -6.07. The predicted molar refractivity (Wildman–Crippen MR) is 178 cm³/mol. The van der Waals surface area contributed by atoms with Crippen molar-refractivity contribution >= 4 is 93.7 Å². The smallest absolute Gasteiger partial charge is 0.162 e. The van der Waals surface area contributed by atoms with Crippen molar-refractivity contribution in [1.82, 2.24) is 4.98 Å². The van der Waals surface area contributed by atoms with Gasteiger partial charge in [0.1, 0.15) is 33.6 Å². The standard InChI is InChI=1S/C39H22N2O3/c1-2-8-26-23(7-1)13-16-29-32-21-40-22-33(39(32)44-38(26)29)41(24-14-17-36-30(19-24)27-9-3-5-11-34(27)42-36)25-15-18-37-31(20-25)28-10-4-6-12-35(28)43-37/h1-22H. The number of aromatic nitrogens is 1.